The van der Waals surface area contributed by atoms with E-state index in [1.165, 1.54) is 11.3 Å². The molecular weight excluding hydrogens is 328 g/mol. The third kappa shape index (κ3) is 4.91. The minimum atomic E-state index is -0.815. The van der Waals surface area contributed by atoms with Crippen molar-refractivity contribution in [2.24, 2.45) is 0 Å². The zero-order chi connectivity index (χ0) is 17.9. The lowest BCUT2D eigenvalue weighted by molar-refractivity contribution is -0.139. The highest BCUT2D eigenvalue weighted by molar-refractivity contribution is 7.15. The molecule has 7 nitrogen and oxygen atoms in total. The van der Waals surface area contributed by atoms with Gasteiger partial charge in [-0.2, -0.15) is 0 Å². The van der Waals surface area contributed by atoms with Crippen LogP contribution in [0.1, 0.15) is 45.4 Å². The van der Waals surface area contributed by atoms with Gasteiger partial charge in [0.05, 0.1) is 6.54 Å². The number of carbonyl (C=O) groups is 2. The van der Waals surface area contributed by atoms with Gasteiger partial charge in [-0.15, -0.1) is 11.3 Å². The largest absolute Gasteiger partial charge is 0.480 e. The fourth-order valence-electron chi connectivity index (χ4n) is 2.67. The van der Waals surface area contributed by atoms with E-state index in [0.29, 0.717) is 11.7 Å². The minimum Gasteiger partial charge on any atom is -0.480 e. The second-order valence-electron chi connectivity index (χ2n) is 7.16. The topological polar surface area (TPSA) is 94.6 Å². The van der Waals surface area contributed by atoms with E-state index in [9.17, 15) is 9.59 Å². The number of carbonyl (C=O) groups excluding carboxylic acids is 1. The molecule has 0 unspecified atom stereocenters. The van der Waals surface area contributed by atoms with Crippen molar-refractivity contribution in [3.8, 4) is 0 Å². The molecule has 8 heteroatoms. The highest BCUT2D eigenvalue weighted by atomic mass is 32.1. The fraction of sp³-hybridized carbons (Fsp3) is 0.688. The molecule has 134 valence electrons. The number of nitrogens with one attached hydrogen (secondary N) is 2. The van der Waals surface area contributed by atoms with E-state index in [1.54, 1.807) is 6.20 Å². The predicted octanol–water partition coefficient (Wildman–Crippen LogP) is 2.50. The van der Waals surface area contributed by atoms with Crippen LogP contribution in [0.5, 0.6) is 0 Å². The van der Waals surface area contributed by atoms with Crippen molar-refractivity contribution in [3.63, 3.8) is 0 Å². The summed E-state index contributed by atoms with van der Waals surface area (Å²) in [4.78, 5) is 30.1. The molecule has 1 saturated carbocycles. The molecule has 1 fully saturated rings. The predicted molar refractivity (Wildman–Crippen MR) is 94.7 cm³/mol. The number of carboxylic acids is 1. The Labute approximate surface area is 146 Å². The molecule has 0 saturated heterocycles. The van der Waals surface area contributed by atoms with Crippen LogP contribution in [0.15, 0.2) is 6.20 Å². The van der Waals surface area contributed by atoms with Gasteiger partial charge in [-0.1, -0.05) is 27.7 Å². The van der Waals surface area contributed by atoms with Gasteiger partial charge in [0.15, 0.2) is 5.13 Å². The lowest BCUT2D eigenvalue weighted by Gasteiger charge is -2.42. The van der Waals surface area contributed by atoms with Gasteiger partial charge < -0.3 is 10.4 Å². The Balaban J connectivity index is 1.76. The zero-order valence-corrected chi connectivity index (χ0v) is 15.4. The number of nitrogens with zero attached hydrogens (tertiary/aromatic N) is 2. The van der Waals surface area contributed by atoms with E-state index >= 15 is 0 Å². The summed E-state index contributed by atoms with van der Waals surface area (Å²) >= 11 is 1.48. The summed E-state index contributed by atoms with van der Waals surface area (Å²) in [6, 6.07) is 0.0539. The maximum atomic E-state index is 12.0. The average molecular weight is 354 g/mol. The monoisotopic (exact) mass is 354 g/mol. The molecule has 1 aromatic rings. The van der Waals surface area contributed by atoms with Crippen LogP contribution in [0.2, 0.25) is 0 Å². The summed E-state index contributed by atoms with van der Waals surface area (Å²) in [5.74, 6) is -0.815. The van der Waals surface area contributed by atoms with Gasteiger partial charge in [-0.3, -0.25) is 15.0 Å². The van der Waals surface area contributed by atoms with Gasteiger partial charge in [-0.05, 0) is 24.8 Å². The Morgan fingerprint density at radius 2 is 2.08 bits per heavy atom. The first-order valence-electron chi connectivity index (χ1n) is 8.18. The first kappa shape index (κ1) is 18.7. The summed E-state index contributed by atoms with van der Waals surface area (Å²) in [7, 11) is 0. The number of amides is 2. The Hall–Kier alpha value is -1.67. The first-order valence-corrected chi connectivity index (χ1v) is 9.00. The molecule has 0 atom stereocenters. The molecule has 2 amide bonds. The number of thiazole rings is 1. The molecule has 3 N–H and O–H groups in total. The summed E-state index contributed by atoms with van der Waals surface area (Å²) in [5, 5.41) is 15.2. The Kier molecular flexibility index (Phi) is 5.82. The van der Waals surface area contributed by atoms with Gasteiger partial charge in [0.2, 0.25) is 0 Å². The third-order valence-electron chi connectivity index (χ3n) is 4.17. The molecule has 1 aromatic heterocycles. The molecule has 1 aliphatic rings. The normalized spacial score (nSPS) is 20.5. The molecule has 0 spiro atoms. The highest BCUT2D eigenvalue weighted by Gasteiger charge is 2.34. The number of hydrogen-bond acceptors (Lipinski definition) is 5. The first-order chi connectivity index (χ1) is 11.2. The van der Waals surface area contributed by atoms with Crippen molar-refractivity contribution < 1.29 is 14.7 Å². The van der Waals surface area contributed by atoms with E-state index in [4.69, 9.17) is 5.11 Å². The molecule has 0 bridgehead atoms. The second kappa shape index (κ2) is 7.48. The van der Waals surface area contributed by atoms with Gasteiger partial charge in [0.1, 0.15) is 0 Å². The highest BCUT2D eigenvalue weighted by Crippen LogP contribution is 2.30. The van der Waals surface area contributed by atoms with Crippen molar-refractivity contribution in [1.82, 2.24) is 15.2 Å². The maximum Gasteiger partial charge on any atom is 0.321 e. The van der Waals surface area contributed by atoms with Crippen LogP contribution in [0.4, 0.5) is 9.93 Å². The Morgan fingerprint density at radius 3 is 2.58 bits per heavy atom. The summed E-state index contributed by atoms with van der Waals surface area (Å²) in [5.41, 5.74) is 0.0169. The van der Waals surface area contributed by atoms with E-state index in [2.05, 4.69) is 36.4 Å². The molecule has 1 heterocycles. The minimum absolute atomic E-state index is 0.0169. The van der Waals surface area contributed by atoms with Crippen LogP contribution in [0.3, 0.4) is 0 Å². The van der Waals surface area contributed by atoms with Crippen LogP contribution in [-0.2, 0) is 10.2 Å². The number of carboxylic acid groups (broad SMARTS) is 1. The Morgan fingerprint density at radius 1 is 1.42 bits per heavy atom. The number of aromatic nitrogens is 1. The smallest absolute Gasteiger partial charge is 0.321 e. The van der Waals surface area contributed by atoms with Crippen LogP contribution >= 0.6 is 11.3 Å². The maximum absolute atomic E-state index is 12.0. The molecule has 2 rings (SSSR count). The van der Waals surface area contributed by atoms with Crippen molar-refractivity contribution >= 4 is 28.5 Å². The van der Waals surface area contributed by atoms with E-state index in [-0.39, 0.29) is 30.1 Å². The zero-order valence-electron chi connectivity index (χ0n) is 14.6. The number of urea groups is 1. The fourth-order valence-corrected chi connectivity index (χ4v) is 3.54. The van der Waals surface area contributed by atoms with Crippen LogP contribution in [-0.4, -0.2) is 52.2 Å². The SMILES string of the molecule is CCN(CC(=O)O)C1CC(NC(=O)Nc2ncc(C(C)(C)C)s2)C1. The van der Waals surface area contributed by atoms with Gasteiger partial charge >= 0.3 is 12.0 Å². The molecule has 0 aliphatic heterocycles. The molecule has 24 heavy (non-hydrogen) atoms. The quantitative estimate of drug-likeness (QED) is 0.730. The molecular formula is C16H26N4O3S. The van der Waals surface area contributed by atoms with Crippen LogP contribution < -0.4 is 10.6 Å². The molecule has 0 radical (unpaired) electrons. The number of anilines is 1. The van der Waals surface area contributed by atoms with Crippen LogP contribution in [0, 0.1) is 0 Å². The molecule has 0 aromatic carbocycles. The second-order valence-corrected chi connectivity index (χ2v) is 8.19. The van der Waals surface area contributed by atoms with Gasteiger partial charge in [0, 0.05) is 23.2 Å². The number of rotatable bonds is 6. The number of likely N-dealkylation sites (N-methyl/N-ethyl adjacent to an activating group) is 1. The standard InChI is InChI=1S/C16H26N4O3S/c1-5-20(9-13(21)22)11-6-10(7-11)18-14(23)19-15-17-8-12(24-15)16(2,3)4/h8,10-11H,5-7,9H2,1-4H3,(H,21,22)(H2,17,18,19,23). The third-order valence-corrected chi connectivity index (χ3v) is 5.51. The number of hydrogen-bond donors (Lipinski definition) is 3. The lowest BCUT2D eigenvalue weighted by Crippen LogP contribution is -2.55. The number of aliphatic carboxylic acids is 1. The summed E-state index contributed by atoms with van der Waals surface area (Å²) in [6.07, 6.45) is 3.35. The summed E-state index contributed by atoms with van der Waals surface area (Å²) in [6.45, 7) is 9.02. The van der Waals surface area contributed by atoms with Crippen molar-refractivity contribution in [2.75, 3.05) is 18.4 Å². The van der Waals surface area contributed by atoms with Gasteiger partial charge in [0.25, 0.3) is 0 Å². The summed E-state index contributed by atoms with van der Waals surface area (Å²) < 4.78 is 0. The van der Waals surface area contributed by atoms with Crippen molar-refractivity contribution in [2.45, 2.75) is 58.0 Å². The Bertz CT molecular complexity index is 590. The van der Waals surface area contributed by atoms with Crippen molar-refractivity contribution in [1.29, 1.82) is 0 Å². The van der Waals surface area contributed by atoms with E-state index < -0.39 is 5.97 Å². The van der Waals surface area contributed by atoms with Crippen molar-refractivity contribution in [3.05, 3.63) is 11.1 Å². The lowest BCUT2D eigenvalue weighted by atomic mass is 9.85. The van der Waals surface area contributed by atoms with Crippen LogP contribution in [0.25, 0.3) is 0 Å². The van der Waals surface area contributed by atoms with E-state index in [0.717, 1.165) is 17.7 Å². The average Bonchev–Trinajstić information content (AvgIpc) is 2.88. The van der Waals surface area contributed by atoms with E-state index in [1.807, 2.05) is 11.8 Å². The van der Waals surface area contributed by atoms with Gasteiger partial charge in [-0.25, -0.2) is 9.78 Å². The molecule has 1 aliphatic carbocycles.